The van der Waals surface area contributed by atoms with Gasteiger partial charge >= 0.3 is 0 Å². The van der Waals surface area contributed by atoms with Crippen LogP contribution in [0.1, 0.15) is 58.3 Å². The maximum Gasteiger partial charge on any atom is 0.219 e. The molecule has 0 aliphatic carbocycles. The standard InChI is InChI=1S/C10H23NO2/c1-2-3-4-5-6-7-8-9-10(11,12)13/h12-13H,2-9,11H2,1H3. The van der Waals surface area contributed by atoms with Gasteiger partial charge in [-0.05, 0) is 6.42 Å². The summed E-state index contributed by atoms with van der Waals surface area (Å²) in [5.74, 6) is -1.95. The van der Waals surface area contributed by atoms with Crippen molar-refractivity contribution < 1.29 is 10.2 Å². The molecule has 0 aromatic rings. The molecule has 0 fully saturated rings. The number of hydrogen-bond donors (Lipinski definition) is 3. The van der Waals surface area contributed by atoms with Gasteiger partial charge in [0.05, 0.1) is 0 Å². The Morgan fingerprint density at radius 2 is 1.38 bits per heavy atom. The van der Waals surface area contributed by atoms with Gasteiger partial charge in [-0.2, -0.15) is 0 Å². The average Bonchev–Trinajstić information content (AvgIpc) is 2.01. The van der Waals surface area contributed by atoms with Gasteiger partial charge in [0, 0.05) is 6.42 Å². The van der Waals surface area contributed by atoms with Crippen molar-refractivity contribution in [3.05, 3.63) is 0 Å². The van der Waals surface area contributed by atoms with E-state index in [2.05, 4.69) is 6.92 Å². The van der Waals surface area contributed by atoms with Gasteiger partial charge in [-0.1, -0.05) is 45.4 Å². The molecule has 0 unspecified atom stereocenters. The van der Waals surface area contributed by atoms with E-state index in [-0.39, 0.29) is 6.42 Å². The van der Waals surface area contributed by atoms with E-state index in [1.54, 1.807) is 0 Å². The minimum atomic E-state index is -1.95. The van der Waals surface area contributed by atoms with Crippen LogP contribution in [-0.2, 0) is 0 Å². The van der Waals surface area contributed by atoms with E-state index in [1.807, 2.05) is 0 Å². The van der Waals surface area contributed by atoms with Crippen LogP contribution >= 0.6 is 0 Å². The summed E-state index contributed by atoms with van der Waals surface area (Å²) in [5, 5.41) is 17.6. The van der Waals surface area contributed by atoms with Crippen LogP contribution < -0.4 is 5.73 Å². The van der Waals surface area contributed by atoms with Crippen LogP contribution in [0.3, 0.4) is 0 Å². The maximum atomic E-state index is 8.79. The lowest BCUT2D eigenvalue weighted by Gasteiger charge is -2.14. The number of aliphatic hydroxyl groups is 2. The smallest absolute Gasteiger partial charge is 0.219 e. The van der Waals surface area contributed by atoms with Gasteiger partial charge in [-0.25, -0.2) is 0 Å². The molecule has 0 spiro atoms. The zero-order valence-electron chi connectivity index (χ0n) is 8.63. The Kier molecular flexibility index (Phi) is 7.23. The van der Waals surface area contributed by atoms with Gasteiger partial charge in [0.15, 0.2) is 0 Å². The Labute approximate surface area is 81.0 Å². The molecule has 4 N–H and O–H groups in total. The molecule has 0 aliphatic heterocycles. The fourth-order valence-corrected chi connectivity index (χ4v) is 1.34. The van der Waals surface area contributed by atoms with Crippen LogP contribution in [0.4, 0.5) is 0 Å². The van der Waals surface area contributed by atoms with E-state index in [9.17, 15) is 0 Å². The minimum Gasteiger partial charge on any atom is -0.354 e. The van der Waals surface area contributed by atoms with Gasteiger partial charge in [-0.15, -0.1) is 0 Å². The third kappa shape index (κ3) is 11.9. The first-order chi connectivity index (χ1) is 6.06. The number of unbranched alkanes of at least 4 members (excludes halogenated alkanes) is 6. The molecule has 80 valence electrons. The highest BCUT2D eigenvalue weighted by molar-refractivity contribution is 4.54. The molecule has 0 atom stereocenters. The van der Waals surface area contributed by atoms with Gasteiger partial charge < -0.3 is 10.2 Å². The lowest BCUT2D eigenvalue weighted by molar-refractivity contribution is -0.160. The van der Waals surface area contributed by atoms with Crippen LogP contribution in [0, 0.1) is 0 Å². The normalized spacial score (nSPS) is 12.0. The van der Waals surface area contributed by atoms with E-state index >= 15 is 0 Å². The highest BCUT2D eigenvalue weighted by Crippen LogP contribution is 2.10. The first-order valence-electron chi connectivity index (χ1n) is 5.30. The molecule has 3 heteroatoms. The molecule has 0 amide bonds. The summed E-state index contributed by atoms with van der Waals surface area (Å²) in [6.45, 7) is 2.19. The molecule has 0 bridgehead atoms. The van der Waals surface area contributed by atoms with E-state index in [1.165, 1.54) is 32.1 Å². The van der Waals surface area contributed by atoms with Crippen molar-refractivity contribution in [3.63, 3.8) is 0 Å². The molecule has 0 rings (SSSR count). The minimum absolute atomic E-state index is 0.279. The van der Waals surface area contributed by atoms with E-state index < -0.39 is 5.91 Å². The van der Waals surface area contributed by atoms with E-state index in [0.29, 0.717) is 0 Å². The largest absolute Gasteiger partial charge is 0.354 e. The van der Waals surface area contributed by atoms with Crippen molar-refractivity contribution in [2.45, 2.75) is 64.2 Å². The summed E-state index contributed by atoms with van der Waals surface area (Å²) in [6, 6.07) is 0. The Bertz CT molecular complexity index is 110. The van der Waals surface area contributed by atoms with Gasteiger partial charge in [0.2, 0.25) is 5.91 Å². The predicted molar refractivity (Wildman–Crippen MR) is 54.0 cm³/mol. The fourth-order valence-electron chi connectivity index (χ4n) is 1.34. The van der Waals surface area contributed by atoms with Crippen LogP contribution in [0.2, 0.25) is 0 Å². The van der Waals surface area contributed by atoms with Crippen molar-refractivity contribution >= 4 is 0 Å². The van der Waals surface area contributed by atoms with Crippen LogP contribution in [0.15, 0.2) is 0 Å². The van der Waals surface area contributed by atoms with Crippen LogP contribution in [-0.4, -0.2) is 16.1 Å². The molecule has 3 nitrogen and oxygen atoms in total. The molecule has 0 aromatic carbocycles. The van der Waals surface area contributed by atoms with Crippen LogP contribution in [0.25, 0.3) is 0 Å². The molecule has 0 radical (unpaired) electrons. The molecular formula is C10H23NO2. The van der Waals surface area contributed by atoms with Crippen molar-refractivity contribution in [1.29, 1.82) is 0 Å². The second-order valence-corrected chi connectivity index (χ2v) is 3.75. The molecule has 0 heterocycles. The van der Waals surface area contributed by atoms with Crippen molar-refractivity contribution in [2.24, 2.45) is 5.73 Å². The highest BCUT2D eigenvalue weighted by Gasteiger charge is 2.13. The Morgan fingerprint density at radius 3 is 1.85 bits per heavy atom. The van der Waals surface area contributed by atoms with E-state index in [0.717, 1.165) is 12.8 Å². The molecule has 13 heavy (non-hydrogen) atoms. The second kappa shape index (κ2) is 7.30. The monoisotopic (exact) mass is 189 g/mol. The summed E-state index contributed by atoms with van der Waals surface area (Å²) >= 11 is 0. The van der Waals surface area contributed by atoms with Crippen LogP contribution in [0.5, 0.6) is 0 Å². The maximum absolute atomic E-state index is 8.79. The quantitative estimate of drug-likeness (QED) is 0.402. The van der Waals surface area contributed by atoms with Gasteiger partial charge in [0.25, 0.3) is 0 Å². The molecular weight excluding hydrogens is 166 g/mol. The molecule has 0 saturated heterocycles. The molecule has 0 aromatic heterocycles. The first-order valence-corrected chi connectivity index (χ1v) is 5.30. The number of hydrogen-bond acceptors (Lipinski definition) is 3. The van der Waals surface area contributed by atoms with Crippen molar-refractivity contribution in [3.8, 4) is 0 Å². The SMILES string of the molecule is CCCCCCCCCC(N)(O)O. The fraction of sp³-hybridized carbons (Fsp3) is 1.00. The van der Waals surface area contributed by atoms with E-state index in [4.69, 9.17) is 15.9 Å². The van der Waals surface area contributed by atoms with Crippen molar-refractivity contribution in [1.82, 2.24) is 0 Å². The third-order valence-electron chi connectivity index (χ3n) is 2.15. The second-order valence-electron chi connectivity index (χ2n) is 3.75. The Hall–Kier alpha value is -0.120. The molecule has 0 aliphatic rings. The predicted octanol–water partition coefficient (Wildman–Crippen LogP) is 1.72. The summed E-state index contributed by atoms with van der Waals surface area (Å²) in [5.41, 5.74) is 5.01. The molecule has 0 saturated carbocycles. The van der Waals surface area contributed by atoms with Gasteiger partial charge in [-0.3, -0.25) is 5.73 Å². The zero-order chi connectivity index (χ0) is 10.2. The number of rotatable bonds is 8. The topological polar surface area (TPSA) is 66.5 Å². The Morgan fingerprint density at radius 1 is 0.923 bits per heavy atom. The summed E-state index contributed by atoms with van der Waals surface area (Å²) in [6.07, 6.45) is 8.42. The van der Waals surface area contributed by atoms with Crippen molar-refractivity contribution in [2.75, 3.05) is 0 Å². The lowest BCUT2D eigenvalue weighted by Crippen LogP contribution is -2.38. The average molecular weight is 189 g/mol. The third-order valence-corrected chi connectivity index (χ3v) is 2.15. The zero-order valence-corrected chi connectivity index (χ0v) is 8.63. The summed E-state index contributed by atoms with van der Waals surface area (Å²) in [7, 11) is 0. The lowest BCUT2D eigenvalue weighted by atomic mass is 10.1. The number of nitrogens with two attached hydrogens (primary N) is 1. The van der Waals surface area contributed by atoms with Gasteiger partial charge in [0.1, 0.15) is 0 Å². The highest BCUT2D eigenvalue weighted by atomic mass is 16.5. The first kappa shape index (κ1) is 12.9. The summed E-state index contributed by atoms with van der Waals surface area (Å²) < 4.78 is 0. The Balaban J connectivity index is 3.00. The summed E-state index contributed by atoms with van der Waals surface area (Å²) in [4.78, 5) is 0.